The van der Waals surface area contributed by atoms with Crippen LogP contribution in [0.15, 0.2) is 108 Å². The summed E-state index contributed by atoms with van der Waals surface area (Å²) in [5, 5.41) is 2.88. The Morgan fingerprint density at radius 2 is 1.86 bits per heavy atom. The molecule has 3 aliphatic carbocycles. The molecule has 4 atom stereocenters. The zero-order chi connectivity index (χ0) is 29.9. The maximum atomic E-state index is 6.19. The van der Waals surface area contributed by atoms with E-state index in [4.69, 9.17) is 11.5 Å². The van der Waals surface area contributed by atoms with Crippen LogP contribution in [0.2, 0.25) is 0 Å². The van der Waals surface area contributed by atoms with Crippen molar-refractivity contribution in [1.82, 2.24) is 0 Å². The lowest BCUT2D eigenvalue weighted by Gasteiger charge is -2.29. The van der Waals surface area contributed by atoms with Gasteiger partial charge in [-0.2, -0.15) is 0 Å². The summed E-state index contributed by atoms with van der Waals surface area (Å²) >= 11 is 0. The van der Waals surface area contributed by atoms with E-state index in [1.54, 1.807) is 11.1 Å². The first kappa shape index (κ1) is 31.8. The van der Waals surface area contributed by atoms with Gasteiger partial charge in [0.1, 0.15) is 0 Å². The highest BCUT2D eigenvalue weighted by Crippen LogP contribution is 2.38. The predicted molar refractivity (Wildman–Crippen MR) is 184 cm³/mol. The van der Waals surface area contributed by atoms with E-state index in [0.29, 0.717) is 24.3 Å². The molecule has 4 N–H and O–H groups in total. The van der Waals surface area contributed by atoms with Crippen molar-refractivity contribution in [2.24, 2.45) is 35.1 Å². The van der Waals surface area contributed by atoms with Crippen LogP contribution in [0.1, 0.15) is 85.0 Å². The van der Waals surface area contributed by atoms with Crippen molar-refractivity contribution in [3.63, 3.8) is 0 Å². The molecule has 3 aliphatic rings. The van der Waals surface area contributed by atoms with Crippen LogP contribution < -0.4 is 21.9 Å². The second-order valence-corrected chi connectivity index (χ2v) is 12.6. The molecule has 2 heteroatoms. The van der Waals surface area contributed by atoms with E-state index in [2.05, 4.69) is 94.1 Å². The van der Waals surface area contributed by atoms with E-state index < -0.39 is 0 Å². The Labute approximate surface area is 255 Å². The van der Waals surface area contributed by atoms with Crippen LogP contribution in [0.3, 0.4) is 0 Å². The molecular weight excluding hydrogens is 508 g/mol. The minimum atomic E-state index is 0.338. The van der Waals surface area contributed by atoms with Gasteiger partial charge in [-0.3, -0.25) is 0 Å². The molecule has 1 aromatic rings. The molecule has 4 rings (SSSR count). The van der Waals surface area contributed by atoms with Gasteiger partial charge in [0.15, 0.2) is 0 Å². The van der Waals surface area contributed by atoms with Crippen LogP contribution in [0.4, 0.5) is 0 Å². The number of rotatable bonds is 13. The van der Waals surface area contributed by atoms with Crippen molar-refractivity contribution in [2.75, 3.05) is 6.54 Å². The van der Waals surface area contributed by atoms with E-state index in [1.807, 2.05) is 12.3 Å². The molecule has 0 saturated heterocycles. The highest BCUT2D eigenvalue weighted by molar-refractivity contribution is 5.71. The first-order chi connectivity index (χ1) is 20.5. The molecule has 2 nitrogen and oxygen atoms in total. The zero-order valence-electron chi connectivity index (χ0n) is 26.5. The van der Waals surface area contributed by atoms with E-state index in [1.165, 1.54) is 65.7 Å². The third-order valence-corrected chi connectivity index (χ3v) is 9.84. The van der Waals surface area contributed by atoms with Crippen molar-refractivity contribution in [2.45, 2.75) is 85.0 Å². The minimum Gasteiger partial charge on any atom is -0.405 e. The molecular formula is C40H54N2. The van der Waals surface area contributed by atoms with Crippen molar-refractivity contribution in [3.05, 3.63) is 118 Å². The van der Waals surface area contributed by atoms with Crippen molar-refractivity contribution < 1.29 is 0 Å². The third-order valence-electron chi connectivity index (χ3n) is 9.84. The summed E-state index contributed by atoms with van der Waals surface area (Å²) in [5.41, 5.74) is 20.6. The monoisotopic (exact) mass is 562 g/mol. The fourth-order valence-corrected chi connectivity index (χ4v) is 7.06. The van der Waals surface area contributed by atoms with Crippen molar-refractivity contribution in [1.29, 1.82) is 0 Å². The number of allylic oxidation sites excluding steroid dienone is 11. The normalized spacial score (nSPS) is 23.7. The van der Waals surface area contributed by atoms with E-state index >= 15 is 0 Å². The van der Waals surface area contributed by atoms with Crippen LogP contribution in [-0.2, 0) is 0 Å². The lowest BCUT2D eigenvalue weighted by Crippen LogP contribution is -2.35. The minimum absolute atomic E-state index is 0.338. The molecule has 224 valence electrons. The number of hydrogen-bond donors (Lipinski definition) is 2. The first-order valence-electron chi connectivity index (χ1n) is 16.5. The first-order valence-corrected chi connectivity index (χ1v) is 16.5. The summed E-state index contributed by atoms with van der Waals surface area (Å²) in [4.78, 5) is 0. The van der Waals surface area contributed by atoms with Crippen LogP contribution in [-0.4, -0.2) is 6.54 Å². The fraction of sp³-hybridized carbons (Fsp3) is 0.450. The maximum absolute atomic E-state index is 6.19. The van der Waals surface area contributed by atoms with Gasteiger partial charge in [-0.25, -0.2) is 0 Å². The molecule has 42 heavy (non-hydrogen) atoms. The second-order valence-electron chi connectivity index (χ2n) is 12.6. The molecule has 0 radical (unpaired) electrons. The lowest BCUT2D eigenvalue weighted by atomic mass is 9.75. The molecule has 0 amide bonds. The van der Waals surface area contributed by atoms with E-state index in [0.717, 1.165) is 37.2 Å². The van der Waals surface area contributed by atoms with Crippen molar-refractivity contribution in [3.8, 4) is 0 Å². The van der Waals surface area contributed by atoms with Gasteiger partial charge in [0, 0.05) is 12.5 Å². The Balaban J connectivity index is 1.48. The highest BCUT2D eigenvalue weighted by Gasteiger charge is 2.25. The van der Waals surface area contributed by atoms with Gasteiger partial charge in [0.05, 0.1) is 0 Å². The van der Waals surface area contributed by atoms with Crippen LogP contribution >= 0.6 is 0 Å². The second kappa shape index (κ2) is 15.9. The number of fused-ring (bicyclic) bond motifs is 1. The fourth-order valence-electron chi connectivity index (χ4n) is 7.06. The number of nitrogens with two attached hydrogens (primary N) is 2. The third kappa shape index (κ3) is 8.04. The van der Waals surface area contributed by atoms with Crippen LogP contribution in [0, 0.1) is 23.7 Å². The molecule has 0 bridgehead atoms. The lowest BCUT2D eigenvalue weighted by molar-refractivity contribution is 0.521. The van der Waals surface area contributed by atoms with Crippen LogP contribution in [0.25, 0.3) is 11.1 Å². The smallest absolute Gasteiger partial charge is 0.0110 e. The average Bonchev–Trinajstić information content (AvgIpc) is 3.04. The van der Waals surface area contributed by atoms with Gasteiger partial charge >= 0.3 is 0 Å². The van der Waals surface area contributed by atoms with Gasteiger partial charge < -0.3 is 11.5 Å². The number of hydrogen-bond acceptors (Lipinski definition) is 2. The summed E-state index contributed by atoms with van der Waals surface area (Å²) in [6.07, 6.45) is 31.7. The van der Waals surface area contributed by atoms with Crippen molar-refractivity contribution >= 4 is 11.1 Å². The molecule has 0 aliphatic heterocycles. The molecule has 0 aromatic heterocycles. The molecule has 0 saturated carbocycles. The van der Waals surface area contributed by atoms with E-state index in [-0.39, 0.29) is 0 Å². The molecule has 0 spiro atoms. The molecule has 1 aromatic carbocycles. The summed E-state index contributed by atoms with van der Waals surface area (Å²) in [6, 6.07) is 9.11. The summed E-state index contributed by atoms with van der Waals surface area (Å²) in [7, 11) is 0. The highest BCUT2D eigenvalue weighted by atomic mass is 14.5. The summed E-state index contributed by atoms with van der Waals surface area (Å²) < 4.78 is 0. The SMILES string of the molecule is C=C(/C=C\CN)C1C=CC=C(C2=c3ccccc3=C(C3C=CC(/C(=C/N)CCC/C(=C/C)CC(C)CC)CC3)CC2)C1. The topological polar surface area (TPSA) is 52.0 Å². The summed E-state index contributed by atoms with van der Waals surface area (Å²) in [5.74, 6) is 2.11. The Morgan fingerprint density at radius 3 is 2.55 bits per heavy atom. The Bertz CT molecular complexity index is 1390. The quantitative estimate of drug-likeness (QED) is 0.188. The van der Waals surface area contributed by atoms with Crippen LogP contribution in [0.5, 0.6) is 0 Å². The van der Waals surface area contributed by atoms with Gasteiger partial charge in [-0.15, -0.1) is 0 Å². The maximum Gasteiger partial charge on any atom is 0.0110 e. The van der Waals surface area contributed by atoms with Gasteiger partial charge in [-0.1, -0.05) is 111 Å². The zero-order valence-corrected chi connectivity index (χ0v) is 26.5. The molecule has 0 heterocycles. The molecule has 0 fully saturated rings. The van der Waals surface area contributed by atoms with Gasteiger partial charge in [-0.05, 0) is 121 Å². The average molecular weight is 563 g/mol. The Hall–Kier alpha value is -3.10. The predicted octanol–water partition coefficient (Wildman–Crippen LogP) is 8.33. The largest absolute Gasteiger partial charge is 0.405 e. The number of benzene rings is 1. The van der Waals surface area contributed by atoms with E-state index in [9.17, 15) is 0 Å². The Morgan fingerprint density at radius 1 is 1.05 bits per heavy atom. The standard InChI is InChI=1S/C40H54N2/c1-5-29(3)26-31(6-2)13-9-16-36(28-42)32-19-21-33(22-20-32)37-23-24-38(40-18-8-7-17-39(37)40)35-15-10-14-34(27-35)30(4)12-11-25-41/h6-8,10-12,14-15,17-19,21,28-29,32-34H,4-5,9,13,16,20,22-27,41-42H2,1-3H3/b12-11-,31-6-,36-28+. The molecule has 4 unspecified atom stereocenters. The van der Waals surface area contributed by atoms with Gasteiger partial charge in [0.25, 0.3) is 0 Å². The van der Waals surface area contributed by atoms with Gasteiger partial charge in [0.2, 0.25) is 0 Å². The summed E-state index contributed by atoms with van der Waals surface area (Å²) in [6.45, 7) is 11.7. The Kier molecular flexibility index (Phi) is 12.1.